The first kappa shape index (κ1) is 16.3. The van der Waals surface area contributed by atoms with Gasteiger partial charge in [0.25, 0.3) is 0 Å². The van der Waals surface area contributed by atoms with E-state index in [4.69, 9.17) is 4.98 Å². The monoisotopic (exact) mass is 318 g/mol. The molecule has 3 heteroatoms. The SMILES string of the molecule is CCCN1CCCC[C@H]1c1ccc(SC2CCCCC2)nc1. The lowest BCUT2D eigenvalue weighted by Crippen LogP contribution is -2.34. The zero-order chi connectivity index (χ0) is 15.2. The van der Waals surface area contributed by atoms with Gasteiger partial charge in [-0.25, -0.2) is 4.98 Å². The van der Waals surface area contributed by atoms with Crippen LogP contribution in [0.4, 0.5) is 0 Å². The highest BCUT2D eigenvalue weighted by molar-refractivity contribution is 7.99. The molecule has 1 atom stereocenters. The van der Waals surface area contributed by atoms with E-state index in [2.05, 4.69) is 30.2 Å². The highest BCUT2D eigenvalue weighted by Crippen LogP contribution is 2.34. The van der Waals surface area contributed by atoms with Gasteiger partial charge in [0.2, 0.25) is 0 Å². The Morgan fingerprint density at radius 3 is 2.64 bits per heavy atom. The third-order valence-electron chi connectivity index (χ3n) is 5.11. The molecule has 0 unspecified atom stereocenters. The van der Waals surface area contributed by atoms with Gasteiger partial charge in [0.05, 0.1) is 5.03 Å². The van der Waals surface area contributed by atoms with Crippen LogP contribution in [0.2, 0.25) is 0 Å². The van der Waals surface area contributed by atoms with Crippen LogP contribution in [0.25, 0.3) is 0 Å². The van der Waals surface area contributed by atoms with Gasteiger partial charge in [-0.2, -0.15) is 0 Å². The zero-order valence-corrected chi connectivity index (χ0v) is 14.8. The quantitative estimate of drug-likeness (QED) is 0.719. The maximum Gasteiger partial charge on any atom is 0.0962 e. The van der Waals surface area contributed by atoms with Crippen LogP contribution in [0.3, 0.4) is 0 Å². The summed E-state index contributed by atoms with van der Waals surface area (Å²) >= 11 is 2.01. The van der Waals surface area contributed by atoms with E-state index in [-0.39, 0.29) is 0 Å². The molecule has 1 aliphatic heterocycles. The lowest BCUT2D eigenvalue weighted by atomic mass is 9.96. The van der Waals surface area contributed by atoms with Gasteiger partial charge >= 0.3 is 0 Å². The van der Waals surface area contributed by atoms with Crippen molar-refractivity contribution < 1.29 is 0 Å². The summed E-state index contributed by atoms with van der Waals surface area (Å²) in [4.78, 5) is 7.44. The number of aromatic nitrogens is 1. The Bertz CT molecular complexity index is 437. The van der Waals surface area contributed by atoms with E-state index < -0.39 is 0 Å². The second-order valence-corrected chi connectivity index (χ2v) is 8.18. The molecule has 1 aromatic rings. The van der Waals surface area contributed by atoms with Crippen molar-refractivity contribution >= 4 is 11.8 Å². The Labute approximate surface area is 140 Å². The average molecular weight is 319 g/mol. The van der Waals surface area contributed by atoms with E-state index >= 15 is 0 Å². The average Bonchev–Trinajstić information content (AvgIpc) is 2.58. The van der Waals surface area contributed by atoms with E-state index in [0.717, 1.165) is 5.25 Å². The number of piperidine rings is 1. The van der Waals surface area contributed by atoms with Crippen LogP contribution in [0, 0.1) is 0 Å². The normalized spacial score (nSPS) is 24.5. The molecular weight excluding hydrogens is 288 g/mol. The van der Waals surface area contributed by atoms with Crippen molar-refractivity contribution in [3.8, 4) is 0 Å². The molecule has 2 fully saturated rings. The van der Waals surface area contributed by atoms with Crippen molar-refractivity contribution in [1.82, 2.24) is 9.88 Å². The second-order valence-electron chi connectivity index (χ2n) is 6.86. The lowest BCUT2D eigenvalue weighted by molar-refractivity contribution is 0.148. The fourth-order valence-corrected chi connectivity index (χ4v) is 5.11. The first-order valence-electron chi connectivity index (χ1n) is 9.23. The van der Waals surface area contributed by atoms with Crippen LogP contribution in [-0.2, 0) is 0 Å². The summed E-state index contributed by atoms with van der Waals surface area (Å²) in [6.45, 7) is 4.77. The number of nitrogens with zero attached hydrogens (tertiary/aromatic N) is 2. The van der Waals surface area contributed by atoms with Crippen LogP contribution in [0.5, 0.6) is 0 Å². The number of thioether (sulfide) groups is 1. The lowest BCUT2D eigenvalue weighted by Gasteiger charge is -2.35. The van der Waals surface area contributed by atoms with Gasteiger partial charge in [0.15, 0.2) is 0 Å². The summed E-state index contributed by atoms with van der Waals surface area (Å²) in [6.07, 6.45) is 14.4. The first-order valence-corrected chi connectivity index (χ1v) is 10.1. The third-order valence-corrected chi connectivity index (χ3v) is 6.40. The smallest absolute Gasteiger partial charge is 0.0962 e. The van der Waals surface area contributed by atoms with Crippen molar-refractivity contribution in [3.63, 3.8) is 0 Å². The first-order chi connectivity index (χ1) is 10.9. The molecule has 1 aliphatic carbocycles. The van der Waals surface area contributed by atoms with Gasteiger partial charge in [-0.3, -0.25) is 4.90 Å². The summed E-state index contributed by atoms with van der Waals surface area (Å²) in [5, 5.41) is 2.03. The number of hydrogen-bond donors (Lipinski definition) is 0. The maximum absolute atomic E-state index is 4.78. The predicted molar refractivity (Wildman–Crippen MR) is 95.4 cm³/mol. The number of hydrogen-bond acceptors (Lipinski definition) is 3. The van der Waals surface area contributed by atoms with E-state index in [9.17, 15) is 0 Å². The van der Waals surface area contributed by atoms with Crippen molar-refractivity contribution in [3.05, 3.63) is 23.9 Å². The van der Waals surface area contributed by atoms with E-state index in [1.54, 1.807) is 0 Å². The maximum atomic E-state index is 4.78. The fourth-order valence-electron chi connectivity index (χ4n) is 3.94. The van der Waals surface area contributed by atoms with Crippen LogP contribution >= 0.6 is 11.8 Å². The molecule has 2 nitrogen and oxygen atoms in total. The summed E-state index contributed by atoms with van der Waals surface area (Å²) in [5.41, 5.74) is 1.43. The van der Waals surface area contributed by atoms with Crippen molar-refractivity contribution in [2.45, 2.75) is 81.0 Å². The topological polar surface area (TPSA) is 16.1 Å². The highest BCUT2D eigenvalue weighted by atomic mass is 32.2. The number of pyridine rings is 1. The summed E-state index contributed by atoms with van der Waals surface area (Å²) < 4.78 is 0. The van der Waals surface area contributed by atoms with Crippen molar-refractivity contribution in [2.24, 2.45) is 0 Å². The molecular formula is C19H30N2S. The van der Waals surface area contributed by atoms with Crippen LogP contribution in [0.15, 0.2) is 23.4 Å². The molecule has 122 valence electrons. The molecule has 1 aromatic heterocycles. The van der Waals surface area contributed by atoms with Gasteiger partial charge in [-0.1, -0.05) is 38.7 Å². The largest absolute Gasteiger partial charge is 0.296 e. The van der Waals surface area contributed by atoms with Gasteiger partial charge < -0.3 is 0 Å². The van der Waals surface area contributed by atoms with Gasteiger partial charge in [0, 0.05) is 17.5 Å². The third kappa shape index (κ3) is 4.26. The molecule has 0 spiro atoms. The van der Waals surface area contributed by atoms with E-state index in [1.807, 2.05) is 11.8 Å². The van der Waals surface area contributed by atoms with Crippen LogP contribution < -0.4 is 0 Å². The molecule has 1 saturated carbocycles. The van der Waals surface area contributed by atoms with E-state index in [0.29, 0.717) is 6.04 Å². The molecule has 2 heterocycles. The van der Waals surface area contributed by atoms with E-state index in [1.165, 1.54) is 81.5 Å². The summed E-state index contributed by atoms with van der Waals surface area (Å²) in [6, 6.07) is 5.22. The summed E-state index contributed by atoms with van der Waals surface area (Å²) in [5.74, 6) is 0. The molecule has 0 N–H and O–H groups in total. The molecule has 2 aliphatic rings. The Morgan fingerprint density at radius 2 is 1.91 bits per heavy atom. The molecule has 0 aromatic carbocycles. The predicted octanol–water partition coefficient (Wildman–Crippen LogP) is 5.44. The second kappa shape index (κ2) is 8.35. The zero-order valence-electron chi connectivity index (χ0n) is 14.0. The van der Waals surface area contributed by atoms with Crippen molar-refractivity contribution in [2.75, 3.05) is 13.1 Å². The molecule has 0 amide bonds. The minimum absolute atomic E-state index is 0.606. The van der Waals surface area contributed by atoms with Gasteiger partial charge in [0.1, 0.15) is 0 Å². The minimum Gasteiger partial charge on any atom is -0.296 e. The molecule has 22 heavy (non-hydrogen) atoms. The van der Waals surface area contributed by atoms with Crippen LogP contribution in [-0.4, -0.2) is 28.2 Å². The number of rotatable bonds is 5. The molecule has 0 bridgehead atoms. The Kier molecular flexibility index (Phi) is 6.20. The number of likely N-dealkylation sites (tertiary alicyclic amines) is 1. The molecule has 3 rings (SSSR count). The standard InChI is InChI=1S/C19H30N2S/c1-2-13-21-14-7-6-10-18(21)16-11-12-19(20-15-16)22-17-8-4-3-5-9-17/h11-12,15,17-18H,2-10,13-14H2,1H3/t18-/m0/s1. The Balaban J connectivity index is 1.62. The Hall–Kier alpha value is -0.540. The van der Waals surface area contributed by atoms with Gasteiger partial charge in [-0.05, 0) is 56.8 Å². The van der Waals surface area contributed by atoms with Gasteiger partial charge in [-0.15, -0.1) is 11.8 Å². The van der Waals surface area contributed by atoms with Crippen molar-refractivity contribution in [1.29, 1.82) is 0 Å². The highest BCUT2D eigenvalue weighted by Gasteiger charge is 2.23. The summed E-state index contributed by atoms with van der Waals surface area (Å²) in [7, 11) is 0. The Morgan fingerprint density at radius 1 is 1.09 bits per heavy atom. The molecule has 1 saturated heterocycles. The molecule has 0 radical (unpaired) electrons. The van der Waals surface area contributed by atoms with Crippen LogP contribution in [0.1, 0.15) is 76.3 Å². The minimum atomic E-state index is 0.606. The fraction of sp³-hybridized carbons (Fsp3) is 0.737.